The van der Waals surface area contributed by atoms with Crippen LogP contribution in [0.2, 0.25) is 18.1 Å². The van der Waals surface area contributed by atoms with E-state index in [9.17, 15) is 31.1 Å². The van der Waals surface area contributed by atoms with Crippen LogP contribution < -0.4 is 0 Å². The summed E-state index contributed by atoms with van der Waals surface area (Å²) in [4.78, 5) is 17.6. The Kier molecular flexibility index (Phi) is 10.6. The highest BCUT2D eigenvalue weighted by molar-refractivity contribution is 7.99. The second-order valence-corrected chi connectivity index (χ2v) is 20.3. The summed E-state index contributed by atoms with van der Waals surface area (Å²) in [6.45, 7) is 12.1. The maximum atomic E-state index is 13.9. The molecule has 1 heterocycles. The van der Waals surface area contributed by atoms with Crippen molar-refractivity contribution < 1.29 is 31.1 Å². The summed E-state index contributed by atoms with van der Waals surface area (Å²) in [5.41, 5.74) is 4.63. The summed E-state index contributed by atoms with van der Waals surface area (Å²) in [6.07, 6.45) is -3.12. The molecule has 5 rings (SSSR count). The van der Waals surface area contributed by atoms with E-state index >= 15 is 0 Å². The van der Waals surface area contributed by atoms with E-state index in [1.54, 1.807) is 23.9 Å². The van der Waals surface area contributed by atoms with Gasteiger partial charge in [0.2, 0.25) is 0 Å². The van der Waals surface area contributed by atoms with Crippen molar-refractivity contribution in [3.63, 3.8) is 0 Å². The normalized spacial score (nSPS) is 13.2. The third-order valence-corrected chi connectivity index (χ3v) is 15.3. The van der Waals surface area contributed by atoms with Gasteiger partial charge in [-0.05, 0) is 109 Å². The number of hydrogen-bond donors (Lipinski definition) is 1. The van der Waals surface area contributed by atoms with Crippen LogP contribution in [0.15, 0.2) is 83.8 Å². The van der Waals surface area contributed by atoms with Gasteiger partial charge in [-0.1, -0.05) is 56.3 Å². The zero-order chi connectivity index (χ0) is 35.9. The number of alkyl halides is 3. The molecule has 0 saturated heterocycles. The largest absolute Gasteiger partial charge is 0.432 e. The van der Waals surface area contributed by atoms with Gasteiger partial charge in [0.25, 0.3) is 0 Å². The number of nitrogens with zero attached hydrogens (tertiary/aromatic N) is 1. The summed E-state index contributed by atoms with van der Waals surface area (Å²) < 4.78 is 80.9. The Morgan fingerprint density at radius 1 is 0.816 bits per heavy atom. The molecule has 0 fully saturated rings. The fourth-order valence-corrected chi connectivity index (χ4v) is 8.62. The Morgan fingerprint density at radius 2 is 1.41 bits per heavy atom. The van der Waals surface area contributed by atoms with Gasteiger partial charge in [0, 0.05) is 20.6 Å². The molecule has 0 spiro atoms. The summed E-state index contributed by atoms with van der Waals surface area (Å²) in [6, 6.07) is 20.5. The van der Waals surface area contributed by atoms with Gasteiger partial charge >= 0.3 is 6.18 Å². The molecule has 11 heteroatoms. The van der Waals surface area contributed by atoms with Gasteiger partial charge < -0.3 is 4.80 Å². The number of thioether (sulfide) groups is 1. The average molecular weight is 730 g/mol. The van der Waals surface area contributed by atoms with Gasteiger partial charge in [0.15, 0.2) is 25.8 Å². The minimum absolute atomic E-state index is 0.127. The van der Waals surface area contributed by atoms with E-state index in [4.69, 9.17) is 4.98 Å². The molecule has 0 aliphatic carbocycles. The summed E-state index contributed by atoms with van der Waals surface area (Å²) in [7, 11) is -2.42. The monoisotopic (exact) mass is 729 g/mol. The number of aryl methyl sites for hydroxylation is 2. The SMILES string of the molecule is Cc1cc(SC(Cc2ccc(-c3cc(F)c(F)c(F)c3)cc2)c2sc(-c3ccc(C(F)(F)F)cc3)nc2C)ccc1CC(C)(C)[Si](C)(C)O. The lowest BCUT2D eigenvalue weighted by Crippen LogP contribution is -2.40. The van der Waals surface area contributed by atoms with Crippen molar-refractivity contribution in [1.82, 2.24) is 4.98 Å². The first-order valence-corrected chi connectivity index (χ1v) is 20.3. The van der Waals surface area contributed by atoms with Gasteiger partial charge in [-0.25, -0.2) is 18.2 Å². The molecule has 1 unspecified atom stereocenters. The zero-order valence-electron chi connectivity index (χ0n) is 28.0. The van der Waals surface area contributed by atoms with Gasteiger partial charge in [0.05, 0.1) is 11.3 Å². The predicted molar refractivity (Wildman–Crippen MR) is 190 cm³/mol. The Balaban J connectivity index is 1.47. The van der Waals surface area contributed by atoms with E-state index in [0.717, 1.165) is 57.3 Å². The van der Waals surface area contributed by atoms with Crippen LogP contribution in [0.4, 0.5) is 26.3 Å². The van der Waals surface area contributed by atoms with E-state index in [-0.39, 0.29) is 15.9 Å². The van der Waals surface area contributed by atoms with Crippen LogP contribution in [0.3, 0.4) is 0 Å². The topological polar surface area (TPSA) is 33.1 Å². The first-order chi connectivity index (χ1) is 22.8. The zero-order valence-corrected chi connectivity index (χ0v) is 30.6. The van der Waals surface area contributed by atoms with E-state index in [2.05, 4.69) is 39.0 Å². The standard InChI is InChI=1S/C38H37F6NOS2Si/c1-22-17-30(16-13-27(22)21-37(3,4)49(5,6)46)47-33(18-24-7-9-25(10-8-24)28-19-31(39)34(41)32(40)20-28)35-23(2)45-36(48-35)26-11-14-29(15-12-26)38(42,43)44/h7-17,19-20,33,46H,18,21H2,1-6H3. The van der Waals surface area contributed by atoms with Crippen molar-refractivity contribution in [1.29, 1.82) is 0 Å². The molecule has 49 heavy (non-hydrogen) atoms. The summed E-state index contributed by atoms with van der Waals surface area (Å²) in [5, 5.41) is 0.269. The van der Waals surface area contributed by atoms with Gasteiger partial charge in [-0.2, -0.15) is 13.2 Å². The van der Waals surface area contributed by atoms with Crippen molar-refractivity contribution in [2.24, 2.45) is 0 Å². The van der Waals surface area contributed by atoms with Gasteiger partial charge in [-0.15, -0.1) is 23.1 Å². The van der Waals surface area contributed by atoms with Crippen LogP contribution in [0.5, 0.6) is 0 Å². The molecule has 0 aliphatic rings. The minimum Gasteiger partial charge on any atom is -0.432 e. The van der Waals surface area contributed by atoms with E-state index in [0.29, 0.717) is 22.6 Å². The van der Waals surface area contributed by atoms with Crippen molar-refractivity contribution in [2.45, 2.75) is 75.0 Å². The van der Waals surface area contributed by atoms with Crippen LogP contribution in [-0.4, -0.2) is 18.1 Å². The van der Waals surface area contributed by atoms with Gasteiger partial charge in [-0.3, -0.25) is 0 Å². The summed E-state index contributed by atoms with van der Waals surface area (Å²) in [5.74, 6) is -4.03. The third kappa shape index (κ3) is 8.50. The second kappa shape index (κ2) is 14.1. The van der Waals surface area contributed by atoms with E-state index in [1.807, 2.05) is 32.2 Å². The molecule has 0 amide bonds. The van der Waals surface area contributed by atoms with Crippen molar-refractivity contribution in [2.75, 3.05) is 0 Å². The van der Waals surface area contributed by atoms with Crippen LogP contribution >= 0.6 is 23.1 Å². The highest BCUT2D eigenvalue weighted by Crippen LogP contribution is 2.45. The molecule has 4 aromatic carbocycles. The molecule has 0 radical (unpaired) electrons. The molecular formula is C38H37F6NOS2Si. The lowest BCUT2D eigenvalue weighted by atomic mass is 9.98. The number of halogens is 6. The van der Waals surface area contributed by atoms with Crippen molar-refractivity contribution in [3.05, 3.63) is 129 Å². The average Bonchev–Trinajstić information content (AvgIpc) is 3.41. The minimum atomic E-state index is -4.43. The Labute approximate surface area is 292 Å². The van der Waals surface area contributed by atoms with Crippen molar-refractivity contribution >= 4 is 31.4 Å². The lowest BCUT2D eigenvalue weighted by molar-refractivity contribution is -0.137. The predicted octanol–water partition coefficient (Wildman–Crippen LogP) is 12.1. The third-order valence-electron chi connectivity index (χ3n) is 9.16. The Morgan fingerprint density at radius 3 is 1.96 bits per heavy atom. The molecule has 5 aromatic rings. The highest BCUT2D eigenvalue weighted by Gasteiger charge is 2.38. The first-order valence-electron chi connectivity index (χ1n) is 15.7. The maximum Gasteiger partial charge on any atom is 0.416 e. The Bertz CT molecular complexity index is 1920. The number of rotatable bonds is 10. The lowest BCUT2D eigenvalue weighted by Gasteiger charge is -2.35. The molecule has 1 atom stereocenters. The second-order valence-electron chi connectivity index (χ2n) is 13.5. The van der Waals surface area contributed by atoms with Crippen LogP contribution in [0.25, 0.3) is 21.7 Å². The number of hydrogen-bond acceptors (Lipinski definition) is 4. The number of thiazole rings is 1. The quantitative estimate of drug-likeness (QED) is 0.0672. The molecule has 0 bridgehead atoms. The highest BCUT2D eigenvalue weighted by atomic mass is 32.2. The number of benzene rings is 4. The smallest absolute Gasteiger partial charge is 0.416 e. The fourth-order valence-electron chi connectivity index (χ4n) is 5.39. The molecular weight excluding hydrogens is 693 g/mol. The maximum absolute atomic E-state index is 13.9. The van der Waals surface area contributed by atoms with E-state index in [1.165, 1.54) is 29.0 Å². The fraction of sp³-hybridized carbons (Fsp3) is 0.289. The molecule has 1 aromatic heterocycles. The van der Waals surface area contributed by atoms with Gasteiger partial charge in [0.1, 0.15) is 5.01 Å². The molecule has 258 valence electrons. The molecule has 2 nitrogen and oxygen atoms in total. The molecule has 0 saturated carbocycles. The Hall–Kier alpha value is -3.38. The number of aromatic nitrogens is 1. The summed E-state index contributed by atoms with van der Waals surface area (Å²) >= 11 is 3.10. The van der Waals surface area contributed by atoms with Crippen LogP contribution in [0, 0.1) is 31.3 Å². The molecule has 0 aliphatic heterocycles. The first kappa shape index (κ1) is 36.9. The van der Waals surface area contributed by atoms with E-state index < -0.39 is 37.5 Å². The van der Waals surface area contributed by atoms with Crippen LogP contribution in [-0.2, 0) is 19.0 Å². The molecule has 1 N–H and O–H groups in total. The van der Waals surface area contributed by atoms with Crippen molar-refractivity contribution in [3.8, 4) is 21.7 Å². The van der Waals surface area contributed by atoms with Crippen LogP contribution in [0.1, 0.15) is 51.9 Å².